The number of rotatable bonds is 5. The Hall–Kier alpha value is -1.56. The number of carbonyl (C=O) groups is 1. The van der Waals surface area contributed by atoms with Crippen LogP contribution in [0.15, 0.2) is 12.3 Å². The van der Waals surface area contributed by atoms with Crippen LogP contribution < -0.4 is 11.5 Å². The van der Waals surface area contributed by atoms with Crippen LogP contribution in [0.1, 0.15) is 39.8 Å². The minimum Gasteiger partial charge on any atom is -0.437 e. The van der Waals surface area contributed by atoms with Crippen molar-refractivity contribution in [2.24, 2.45) is 16.9 Å². The van der Waals surface area contributed by atoms with Crippen molar-refractivity contribution >= 4 is 6.09 Å². The van der Waals surface area contributed by atoms with Crippen LogP contribution in [0.5, 0.6) is 0 Å². The van der Waals surface area contributed by atoms with Crippen molar-refractivity contribution in [3.63, 3.8) is 0 Å². The van der Waals surface area contributed by atoms with Gasteiger partial charge in [0.05, 0.1) is 6.54 Å². The van der Waals surface area contributed by atoms with Crippen LogP contribution in [0, 0.1) is 5.41 Å². The molecular weight excluding hydrogens is 244 g/mol. The second-order valence-corrected chi connectivity index (χ2v) is 6.14. The van der Waals surface area contributed by atoms with Crippen molar-refractivity contribution in [2.45, 2.75) is 46.3 Å². The summed E-state index contributed by atoms with van der Waals surface area (Å²) in [5, 5.41) is 4.41. The summed E-state index contributed by atoms with van der Waals surface area (Å²) >= 11 is 0. The molecule has 1 heterocycles. The van der Waals surface area contributed by atoms with Gasteiger partial charge >= 0.3 is 6.09 Å². The third-order valence-corrected chi connectivity index (χ3v) is 2.73. The average Bonchev–Trinajstić information content (AvgIpc) is 2.62. The van der Waals surface area contributed by atoms with Crippen LogP contribution in [-0.2, 0) is 16.9 Å². The van der Waals surface area contributed by atoms with E-state index in [1.54, 1.807) is 4.68 Å². The number of aromatic nitrogens is 2. The molecule has 0 saturated heterocycles. The summed E-state index contributed by atoms with van der Waals surface area (Å²) in [7, 11) is 0. The van der Waals surface area contributed by atoms with Crippen molar-refractivity contribution in [3.05, 3.63) is 18.0 Å². The van der Waals surface area contributed by atoms with Gasteiger partial charge in [0.2, 0.25) is 0 Å². The van der Waals surface area contributed by atoms with E-state index < -0.39 is 11.7 Å². The number of carbonyl (C=O) groups excluding carboxylic acids is 1. The predicted octanol–water partition coefficient (Wildman–Crippen LogP) is 1.59. The Kier molecular flexibility index (Phi) is 4.57. The number of hydrogen-bond acceptors (Lipinski definition) is 4. The Labute approximate surface area is 114 Å². The summed E-state index contributed by atoms with van der Waals surface area (Å²) in [6.07, 6.45) is 1.66. The van der Waals surface area contributed by atoms with Gasteiger partial charge in [-0.1, -0.05) is 20.8 Å². The number of amides is 1. The topological polar surface area (TPSA) is 96.2 Å². The van der Waals surface area contributed by atoms with E-state index in [1.807, 2.05) is 19.2 Å². The lowest BCUT2D eigenvalue weighted by Crippen LogP contribution is -2.36. The SMILES string of the molecule is CC(C)(C)CC(C)(OC(N)=O)c1ccn(CCN)n1. The van der Waals surface area contributed by atoms with Crippen molar-refractivity contribution in [1.29, 1.82) is 0 Å². The maximum absolute atomic E-state index is 11.2. The highest BCUT2D eigenvalue weighted by Crippen LogP contribution is 2.36. The fraction of sp³-hybridized carbons (Fsp3) is 0.692. The molecule has 1 atom stereocenters. The molecule has 0 aliphatic heterocycles. The highest BCUT2D eigenvalue weighted by atomic mass is 16.6. The van der Waals surface area contributed by atoms with Gasteiger partial charge in [0, 0.05) is 12.7 Å². The maximum atomic E-state index is 11.2. The molecule has 0 spiro atoms. The van der Waals surface area contributed by atoms with Crippen LogP contribution in [0.25, 0.3) is 0 Å². The number of nitrogens with two attached hydrogens (primary N) is 2. The molecular formula is C13H24N4O2. The first-order valence-electron chi connectivity index (χ1n) is 6.39. The minimum absolute atomic E-state index is 0.0259. The molecule has 1 amide bonds. The van der Waals surface area contributed by atoms with Gasteiger partial charge in [-0.3, -0.25) is 4.68 Å². The van der Waals surface area contributed by atoms with E-state index in [4.69, 9.17) is 16.2 Å². The number of ether oxygens (including phenoxy) is 1. The highest BCUT2D eigenvalue weighted by Gasteiger charge is 2.37. The first kappa shape index (κ1) is 15.5. The zero-order valence-electron chi connectivity index (χ0n) is 12.1. The Bertz CT molecular complexity index is 436. The van der Waals surface area contributed by atoms with Crippen LogP contribution in [-0.4, -0.2) is 22.4 Å². The molecule has 0 aromatic carbocycles. The molecule has 6 heteroatoms. The maximum Gasteiger partial charge on any atom is 0.405 e. The monoisotopic (exact) mass is 268 g/mol. The predicted molar refractivity (Wildman–Crippen MR) is 73.4 cm³/mol. The van der Waals surface area contributed by atoms with Crippen LogP contribution >= 0.6 is 0 Å². The highest BCUT2D eigenvalue weighted by molar-refractivity contribution is 5.65. The standard InChI is InChI=1S/C13H24N4O2/c1-12(2,3)9-13(4,19-11(15)18)10-5-7-17(16-10)8-6-14/h5,7H,6,8-9,14H2,1-4H3,(H2,15,18). The van der Waals surface area contributed by atoms with E-state index in [1.165, 1.54) is 0 Å². The molecule has 0 saturated carbocycles. The van der Waals surface area contributed by atoms with Gasteiger partial charge in [0.1, 0.15) is 5.69 Å². The van der Waals surface area contributed by atoms with Gasteiger partial charge in [-0.25, -0.2) is 4.79 Å². The lowest BCUT2D eigenvalue weighted by molar-refractivity contribution is -0.00663. The molecule has 0 aliphatic rings. The van der Waals surface area contributed by atoms with E-state index in [0.717, 1.165) is 0 Å². The first-order valence-corrected chi connectivity index (χ1v) is 6.39. The smallest absolute Gasteiger partial charge is 0.405 e. The molecule has 1 aromatic rings. The second-order valence-electron chi connectivity index (χ2n) is 6.14. The number of nitrogens with zero attached hydrogens (tertiary/aromatic N) is 2. The molecule has 0 radical (unpaired) electrons. The molecule has 19 heavy (non-hydrogen) atoms. The Morgan fingerprint density at radius 2 is 2.05 bits per heavy atom. The van der Waals surface area contributed by atoms with Gasteiger partial charge in [-0.05, 0) is 24.8 Å². The third-order valence-electron chi connectivity index (χ3n) is 2.73. The molecule has 0 bridgehead atoms. The summed E-state index contributed by atoms with van der Waals surface area (Å²) in [6, 6.07) is 1.84. The molecule has 0 fully saturated rings. The van der Waals surface area contributed by atoms with Gasteiger partial charge in [-0.2, -0.15) is 5.10 Å². The fourth-order valence-corrected chi connectivity index (χ4v) is 2.31. The van der Waals surface area contributed by atoms with E-state index in [0.29, 0.717) is 25.2 Å². The zero-order valence-corrected chi connectivity index (χ0v) is 12.1. The molecule has 1 rings (SSSR count). The van der Waals surface area contributed by atoms with Crippen molar-refractivity contribution in [2.75, 3.05) is 6.54 Å². The summed E-state index contributed by atoms with van der Waals surface area (Å²) < 4.78 is 7.06. The Morgan fingerprint density at radius 1 is 1.42 bits per heavy atom. The van der Waals surface area contributed by atoms with E-state index in [9.17, 15) is 4.79 Å². The van der Waals surface area contributed by atoms with Gasteiger partial charge in [0.15, 0.2) is 5.60 Å². The molecule has 1 unspecified atom stereocenters. The zero-order chi connectivity index (χ0) is 14.7. The van der Waals surface area contributed by atoms with Crippen molar-refractivity contribution < 1.29 is 9.53 Å². The normalized spacial score (nSPS) is 15.0. The van der Waals surface area contributed by atoms with Crippen LogP contribution in [0.3, 0.4) is 0 Å². The van der Waals surface area contributed by atoms with E-state index in [-0.39, 0.29) is 5.41 Å². The fourth-order valence-electron chi connectivity index (χ4n) is 2.31. The van der Waals surface area contributed by atoms with Crippen molar-refractivity contribution in [3.8, 4) is 0 Å². The molecule has 4 N–H and O–H groups in total. The Balaban J connectivity index is 3.03. The molecule has 0 aliphatic carbocycles. The molecule has 6 nitrogen and oxygen atoms in total. The van der Waals surface area contributed by atoms with Gasteiger partial charge in [0.25, 0.3) is 0 Å². The summed E-state index contributed by atoms with van der Waals surface area (Å²) in [4.78, 5) is 11.2. The van der Waals surface area contributed by atoms with E-state index >= 15 is 0 Å². The third kappa shape index (κ3) is 4.55. The molecule has 1 aromatic heterocycles. The summed E-state index contributed by atoms with van der Waals surface area (Å²) in [5.41, 5.74) is 10.5. The van der Waals surface area contributed by atoms with Crippen LogP contribution in [0.2, 0.25) is 0 Å². The number of primary amides is 1. The minimum atomic E-state index is -0.829. The Morgan fingerprint density at radius 3 is 2.53 bits per heavy atom. The lowest BCUT2D eigenvalue weighted by atomic mass is 9.81. The van der Waals surface area contributed by atoms with Gasteiger partial charge in [-0.15, -0.1) is 0 Å². The second kappa shape index (κ2) is 5.61. The first-order chi connectivity index (χ1) is 8.66. The average molecular weight is 268 g/mol. The largest absolute Gasteiger partial charge is 0.437 e. The number of hydrogen-bond donors (Lipinski definition) is 2. The molecule has 108 valence electrons. The van der Waals surface area contributed by atoms with Crippen molar-refractivity contribution in [1.82, 2.24) is 9.78 Å². The van der Waals surface area contributed by atoms with E-state index in [2.05, 4.69) is 25.9 Å². The summed E-state index contributed by atoms with van der Waals surface area (Å²) in [5.74, 6) is 0. The van der Waals surface area contributed by atoms with Crippen LogP contribution in [0.4, 0.5) is 4.79 Å². The lowest BCUT2D eigenvalue weighted by Gasteiger charge is -2.33. The summed E-state index contributed by atoms with van der Waals surface area (Å²) in [6.45, 7) is 9.19. The quantitative estimate of drug-likeness (QED) is 0.847. The van der Waals surface area contributed by atoms with Gasteiger partial charge < -0.3 is 16.2 Å².